The van der Waals surface area contributed by atoms with Crippen molar-refractivity contribution >= 4 is 16.9 Å². The van der Waals surface area contributed by atoms with Gasteiger partial charge in [-0.2, -0.15) is 0 Å². The van der Waals surface area contributed by atoms with Crippen molar-refractivity contribution in [3.05, 3.63) is 59.4 Å². The molecule has 24 heavy (non-hydrogen) atoms. The summed E-state index contributed by atoms with van der Waals surface area (Å²) in [5, 5.41) is 2.96. The third-order valence-electron chi connectivity index (χ3n) is 4.18. The number of methoxy groups -OCH3 is 1. The molecule has 5 heteroatoms. The van der Waals surface area contributed by atoms with Crippen molar-refractivity contribution in [1.82, 2.24) is 14.9 Å². The lowest BCUT2D eigenvalue weighted by molar-refractivity contribution is -0.120. The van der Waals surface area contributed by atoms with Gasteiger partial charge in [0.2, 0.25) is 5.91 Å². The maximum atomic E-state index is 12.1. The molecule has 0 aliphatic heterocycles. The summed E-state index contributed by atoms with van der Waals surface area (Å²) >= 11 is 0. The first-order valence-corrected chi connectivity index (χ1v) is 7.88. The molecule has 0 radical (unpaired) electrons. The summed E-state index contributed by atoms with van der Waals surface area (Å²) in [5.74, 6) is 1.77. The van der Waals surface area contributed by atoms with E-state index < -0.39 is 0 Å². The second kappa shape index (κ2) is 6.74. The zero-order chi connectivity index (χ0) is 17.1. The highest BCUT2D eigenvalue weighted by molar-refractivity contribution is 5.79. The van der Waals surface area contributed by atoms with Crippen LogP contribution in [0.15, 0.2) is 42.5 Å². The van der Waals surface area contributed by atoms with Crippen molar-refractivity contribution in [3.8, 4) is 5.75 Å². The maximum Gasteiger partial charge on any atom is 0.224 e. The number of fused-ring (bicyclic) bond motifs is 1. The summed E-state index contributed by atoms with van der Waals surface area (Å²) in [6.45, 7) is 2.48. The fraction of sp³-hybridized carbons (Fsp3) is 0.263. The van der Waals surface area contributed by atoms with Gasteiger partial charge in [0.15, 0.2) is 0 Å². The molecule has 0 atom stereocenters. The zero-order valence-electron chi connectivity index (χ0n) is 14.2. The average Bonchev–Trinajstić information content (AvgIpc) is 2.87. The van der Waals surface area contributed by atoms with E-state index in [0.29, 0.717) is 13.0 Å². The standard InChI is InChI=1S/C19H21N3O2/c1-13-21-17-10-15(6-9-18(17)22(13)2)12-20-19(23)11-14-4-7-16(24-3)8-5-14/h4-10H,11-12H2,1-3H3,(H,20,23). The van der Waals surface area contributed by atoms with E-state index in [-0.39, 0.29) is 5.91 Å². The van der Waals surface area contributed by atoms with Gasteiger partial charge in [-0.05, 0) is 42.3 Å². The van der Waals surface area contributed by atoms with E-state index in [1.54, 1.807) is 7.11 Å². The van der Waals surface area contributed by atoms with Gasteiger partial charge < -0.3 is 14.6 Å². The number of nitrogens with one attached hydrogen (secondary N) is 1. The Hall–Kier alpha value is -2.82. The van der Waals surface area contributed by atoms with Crippen LogP contribution in [0.25, 0.3) is 11.0 Å². The van der Waals surface area contributed by atoms with E-state index in [1.165, 1.54) is 0 Å². The van der Waals surface area contributed by atoms with Crippen LogP contribution < -0.4 is 10.1 Å². The predicted octanol–water partition coefficient (Wildman–Crippen LogP) is 2.75. The van der Waals surface area contributed by atoms with Crippen molar-refractivity contribution in [2.45, 2.75) is 19.9 Å². The van der Waals surface area contributed by atoms with Crippen molar-refractivity contribution in [3.63, 3.8) is 0 Å². The molecule has 5 nitrogen and oxygen atoms in total. The van der Waals surface area contributed by atoms with E-state index in [2.05, 4.69) is 14.9 Å². The van der Waals surface area contributed by atoms with Gasteiger partial charge in [-0.15, -0.1) is 0 Å². The van der Waals surface area contributed by atoms with Crippen LogP contribution in [-0.4, -0.2) is 22.6 Å². The highest BCUT2D eigenvalue weighted by atomic mass is 16.5. The van der Waals surface area contributed by atoms with Crippen LogP contribution in [0.5, 0.6) is 5.75 Å². The average molecular weight is 323 g/mol. The molecule has 0 fully saturated rings. The number of imidazole rings is 1. The fourth-order valence-electron chi connectivity index (χ4n) is 2.67. The van der Waals surface area contributed by atoms with E-state index in [4.69, 9.17) is 4.74 Å². The summed E-state index contributed by atoms with van der Waals surface area (Å²) in [5.41, 5.74) is 4.06. The molecular formula is C19H21N3O2. The first-order chi connectivity index (χ1) is 11.6. The highest BCUT2D eigenvalue weighted by Crippen LogP contribution is 2.16. The molecule has 1 aromatic heterocycles. The first kappa shape index (κ1) is 16.1. The molecule has 0 saturated carbocycles. The number of aromatic nitrogens is 2. The SMILES string of the molecule is COc1ccc(CC(=O)NCc2ccc3c(c2)nc(C)n3C)cc1. The molecule has 0 unspecified atom stereocenters. The van der Waals surface area contributed by atoms with E-state index in [1.807, 2.05) is 56.4 Å². The smallest absolute Gasteiger partial charge is 0.224 e. The minimum absolute atomic E-state index is 0.00235. The number of hydrogen-bond donors (Lipinski definition) is 1. The van der Waals surface area contributed by atoms with Gasteiger partial charge in [0.05, 0.1) is 24.6 Å². The topological polar surface area (TPSA) is 56.1 Å². The van der Waals surface area contributed by atoms with Crippen LogP contribution in [0.1, 0.15) is 17.0 Å². The van der Waals surface area contributed by atoms with Crippen LogP contribution >= 0.6 is 0 Å². The Bertz CT molecular complexity index is 866. The molecule has 0 aliphatic rings. The number of aryl methyl sites for hydroxylation is 2. The molecule has 0 bridgehead atoms. The summed E-state index contributed by atoms with van der Waals surface area (Å²) in [6.07, 6.45) is 0.356. The number of benzene rings is 2. The second-order valence-electron chi connectivity index (χ2n) is 5.84. The Kier molecular flexibility index (Phi) is 4.51. The quantitative estimate of drug-likeness (QED) is 0.785. The lowest BCUT2D eigenvalue weighted by Crippen LogP contribution is -2.24. The number of carbonyl (C=O) groups is 1. The van der Waals surface area contributed by atoms with Gasteiger partial charge in [-0.1, -0.05) is 18.2 Å². The number of carbonyl (C=O) groups excluding carboxylic acids is 1. The molecular weight excluding hydrogens is 302 g/mol. The molecule has 1 amide bonds. The van der Waals surface area contributed by atoms with Crippen LogP contribution in [-0.2, 0) is 24.8 Å². The van der Waals surface area contributed by atoms with Crippen LogP contribution in [0.2, 0.25) is 0 Å². The number of nitrogens with zero attached hydrogens (tertiary/aromatic N) is 2. The van der Waals surface area contributed by atoms with Crippen LogP contribution in [0.3, 0.4) is 0 Å². The third-order valence-corrected chi connectivity index (χ3v) is 4.18. The fourth-order valence-corrected chi connectivity index (χ4v) is 2.67. The molecule has 0 saturated heterocycles. The van der Waals surface area contributed by atoms with Crippen LogP contribution in [0, 0.1) is 6.92 Å². The second-order valence-corrected chi connectivity index (χ2v) is 5.84. The molecule has 1 heterocycles. The van der Waals surface area contributed by atoms with Gasteiger partial charge >= 0.3 is 0 Å². The Morgan fingerprint density at radius 3 is 2.58 bits per heavy atom. The van der Waals surface area contributed by atoms with Crippen LogP contribution in [0.4, 0.5) is 0 Å². The lowest BCUT2D eigenvalue weighted by Gasteiger charge is -2.07. The Labute approximate surface area is 141 Å². The lowest BCUT2D eigenvalue weighted by atomic mass is 10.1. The van der Waals surface area contributed by atoms with Gasteiger partial charge in [0, 0.05) is 13.6 Å². The summed E-state index contributed by atoms with van der Waals surface area (Å²) in [4.78, 5) is 16.6. The normalized spacial score (nSPS) is 10.8. The molecule has 0 aliphatic carbocycles. The molecule has 3 aromatic rings. The minimum atomic E-state index is -0.00235. The Morgan fingerprint density at radius 2 is 1.88 bits per heavy atom. The van der Waals surface area contributed by atoms with E-state index in [9.17, 15) is 4.79 Å². The number of rotatable bonds is 5. The van der Waals surface area contributed by atoms with Gasteiger partial charge in [-0.25, -0.2) is 4.98 Å². The van der Waals surface area contributed by atoms with E-state index >= 15 is 0 Å². The molecule has 3 rings (SSSR count). The highest BCUT2D eigenvalue weighted by Gasteiger charge is 2.07. The number of amides is 1. The summed E-state index contributed by atoms with van der Waals surface area (Å²) in [7, 11) is 3.63. The van der Waals surface area contributed by atoms with Gasteiger partial charge in [0.1, 0.15) is 11.6 Å². The molecule has 124 valence electrons. The van der Waals surface area contributed by atoms with Gasteiger partial charge in [0.25, 0.3) is 0 Å². The van der Waals surface area contributed by atoms with Crippen molar-refractivity contribution in [1.29, 1.82) is 0 Å². The van der Waals surface area contributed by atoms with Crippen molar-refractivity contribution < 1.29 is 9.53 Å². The first-order valence-electron chi connectivity index (χ1n) is 7.88. The van der Waals surface area contributed by atoms with Gasteiger partial charge in [-0.3, -0.25) is 4.79 Å². The molecule has 2 aromatic carbocycles. The van der Waals surface area contributed by atoms with E-state index in [0.717, 1.165) is 33.7 Å². The Morgan fingerprint density at radius 1 is 1.17 bits per heavy atom. The molecule has 0 spiro atoms. The number of ether oxygens (including phenoxy) is 1. The minimum Gasteiger partial charge on any atom is -0.497 e. The molecule has 1 N–H and O–H groups in total. The third kappa shape index (κ3) is 3.40. The predicted molar refractivity (Wildman–Crippen MR) is 94.0 cm³/mol. The summed E-state index contributed by atoms with van der Waals surface area (Å²) in [6, 6.07) is 13.6. The van der Waals surface area contributed by atoms with Crippen molar-refractivity contribution in [2.75, 3.05) is 7.11 Å². The maximum absolute atomic E-state index is 12.1. The largest absolute Gasteiger partial charge is 0.497 e. The Balaban J connectivity index is 1.61. The summed E-state index contributed by atoms with van der Waals surface area (Å²) < 4.78 is 7.17. The number of hydrogen-bond acceptors (Lipinski definition) is 3. The van der Waals surface area contributed by atoms with Crippen molar-refractivity contribution in [2.24, 2.45) is 7.05 Å². The monoisotopic (exact) mass is 323 g/mol. The zero-order valence-corrected chi connectivity index (χ0v) is 14.2.